The molecule has 82 valence electrons. The van der Waals surface area contributed by atoms with Crippen molar-refractivity contribution >= 4 is 27.5 Å². The zero-order chi connectivity index (χ0) is 11.1. The summed E-state index contributed by atoms with van der Waals surface area (Å²) in [7, 11) is 0. The van der Waals surface area contributed by atoms with E-state index in [2.05, 4.69) is 21.2 Å². The van der Waals surface area contributed by atoms with E-state index in [9.17, 15) is 9.50 Å². The molecule has 15 heavy (non-hydrogen) atoms. The highest BCUT2D eigenvalue weighted by Crippen LogP contribution is 2.35. The van der Waals surface area contributed by atoms with E-state index < -0.39 is 11.4 Å². The molecule has 0 aromatic heterocycles. The van der Waals surface area contributed by atoms with Gasteiger partial charge in [0.25, 0.3) is 0 Å². The minimum absolute atomic E-state index is 0.0211. The van der Waals surface area contributed by atoms with Crippen molar-refractivity contribution in [3.05, 3.63) is 33.0 Å². The lowest BCUT2D eigenvalue weighted by Crippen LogP contribution is -2.29. The van der Waals surface area contributed by atoms with Crippen molar-refractivity contribution in [1.82, 2.24) is 5.32 Å². The van der Waals surface area contributed by atoms with E-state index >= 15 is 0 Å². The van der Waals surface area contributed by atoms with Crippen LogP contribution < -0.4 is 5.32 Å². The predicted octanol–water partition coefficient (Wildman–Crippen LogP) is 2.42. The first kappa shape index (κ1) is 11.3. The highest BCUT2D eigenvalue weighted by molar-refractivity contribution is 9.10. The molecule has 0 bridgehead atoms. The maximum Gasteiger partial charge on any atom is 0.149 e. The standard InChI is InChI=1S/C10H10BrClFNO/c11-7-2-1-6(9(13)8(7)12)10(15)3-4-14-5-10/h1-2,14-15H,3-5H2. The number of rotatable bonds is 1. The smallest absolute Gasteiger partial charge is 0.149 e. The molecule has 0 radical (unpaired) electrons. The van der Waals surface area contributed by atoms with Crippen molar-refractivity contribution in [3.63, 3.8) is 0 Å². The van der Waals surface area contributed by atoms with Crippen molar-refractivity contribution in [2.45, 2.75) is 12.0 Å². The zero-order valence-electron chi connectivity index (χ0n) is 7.86. The number of β-amino-alcohol motifs (C(OH)–C–C–N with tert-alkyl or cyclic N) is 1. The number of halogens is 3. The normalized spacial score (nSPS) is 25.9. The second kappa shape index (κ2) is 4.01. The third-order valence-electron chi connectivity index (χ3n) is 2.67. The molecule has 1 aliphatic rings. The fourth-order valence-corrected chi connectivity index (χ4v) is 2.26. The SMILES string of the molecule is OC1(c2ccc(Br)c(Cl)c2F)CCNC1. The van der Waals surface area contributed by atoms with Gasteiger partial charge in [-0.2, -0.15) is 0 Å². The summed E-state index contributed by atoms with van der Waals surface area (Å²) < 4.78 is 14.3. The summed E-state index contributed by atoms with van der Waals surface area (Å²) in [4.78, 5) is 0. The molecule has 0 spiro atoms. The number of hydrogen-bond acceptors (Lipinski definition) is 2. The Labute approximate surface area is 101 Å². The molecular weight excluding hydrogens is 284 g/mol. The average Bonchev–Trinajstić information content (AvgIpc) is 2.62. The Kier molecular flexibility index (Phi) is 3.03. The third kappa shape index (κ3) is 1.91. The minimum Gasteiger partial charge on any atom is -0.384 e. The van der Waals surface area contributed by atoms with Crippen LogP contribution in [0.1, 0.15) is 12.0 Å². The largest absolute Gasteiger partial charge is 0.384 e. The van der Waals surface area contributed by atoms with Gasteiger partial charge < -0.3 is 10.4 Å². The number of aliphatic hydroxyl groups is 1. The molecule has 0 saturated carbocycles. The van der Waals surface area contributed by atoms with E-state index in [1.807, 2.05) is 0 Å². The second-order valence-corrected chi connectivity index (χ2v) is 4.91. The van der Waals surface area contributed by atoms with Gasteiger partial charge in [-0.3, -0.25) is 0 Å². The van der Waals surface area contributed by atoms with Crippen LogP contribution in [0.5, 0.6) is 0 Å². The van der Waals surface area contributed by atoms with Crippen LogP contribution in [0.3, 0.4) is 0 Å². The molecule has 1 aromatic rings. The molecule has 1 heterocycles. The molecule has 1 aliphatic heterocycles. The number of nitrogens with one attached hydrogen (secondary N) is 1. The third-order valence-corrected chi connectivity index (χ3v) is 3.93. The molecule has 2 rings (SSSR count). The van der Waals surface area contributed by atoms with Crippen LogP contribution in [0.4, 0.5) is 4.39 Å². The van der Waals surface area contributed by atoms with Crippen LogP contribution in [0.25, 0.3) is 0 Å². The molecule has 0 amide bonds. The van der Waals surface area contributed by atoms with E-state index in [-0.39, 0.29) is 10.6 Å². The van der Waals surface area contributed by atoms with Gasteiger partial charge in [0, 0.05) is 16.6 Å². The quantitative estimate of drug-likeness (QED) is 0.780. The fraction of sp³-hybridized carbons (Fsp3) is 0.400. The summed E-state index contributed by atoms with van der Waals surface area (Å²) >= 11 is 8.91. The molecule has 5 heteroatoms. The van der Waals surface area contributed by atoms with Crippen molar-refractivity contribution < 1.29 is 9.50 Å². The fourth-order valence-electron chi connectivity index (χ4n) is 1.79. The van der Waals surface area contributed by atoms with Crippen LogP contribution in [0.2, 0.25) is 5.02 Å². The summed E-state index contributed by atoms with van der Waals surface area (Å²) in [6, 6.07) is 3.22. The van der Waals surface area contributed by atoms with E-state index in [4.69, 9.17) is 11.6 Å². The van der Waals surface area contributed by atoms with Gasteiger partial charge in [0.15, 0.2) is 0 Å². The first-order valence-corrected chi connectivity index (χ1v) is 5.79. The minimum atomic E-state index is -1.13. The van der Waals surface area contributed by atoms with Gasteiger partial charge in [-0.25, -0.2) is 4.39 Å². The monoisotopic (exact) mass is 293 g/mol. The van der Waals surface area contributed by atoms with E-state index in [1.165, 1.54) is 0 Å². The van der Waals surface area contributed by atoms with Crippen LogP contribution in [-0.4, -0.2) is 18.2 Å². The Bertz CT molecular complexity index is 393. The average molecular weight is 295 g/mol. The first-order chi connectivity index (χ1) is 7.04. The number of hydrogen-bond donors (Lipinski definition) is 2. The van der Waals surface area contributed by atoms with Crippen LogP contribution >= 0.6 is 27.5 Å². The summed E-state index contributed by atoms with van der Waals surface area (Å²) in [5.74, 6) is -0.544. The van der Waals surface area contributed by atoms with Gasteiger partial charge in [0.1, 0.15) is 11.4 Å². The van der Waals surface area contributed by atoms with Crippen LogP contribution in [0.15, 0.2) is 16.6 Å². The zero-order valence-corrected chi connectivity index (χ0v) is 10.2. The van der Waals surface area contributed by atoms with Crippen molar-refractivity contribution in [2.75, 3.05) is 13.1 Å². The van der Waals surface area contributed by atoms with Gasteiger partial charge in [-0.05, 0) is 35.0 Å². The molecule has 1 saturated heterocycles. The predicted molar refractivity (Wildman–Crippen MR) is 60.5 cm³/mol. The maximum absolute atomic E-state index is 13.8. The summed E-state index contributed by atoms with van der Waals surface area (Å²) in [6.07, 6.45) is 0.502. The summed E-state index contributed by atoms with van der Waals surface area (Å²) in [5, 5.41) is 13.2. The van der Waals surface area contributed by atoms with Crippen LogP contribution in [-0.2, 0) is 5.60 Å². The summed E-state index contributed by atoms with van der Waals surface area (Å²) in [5.41, 5.74) is -0.866. The Morgan fingerprint density at radius 3 is 2.87 bits per heavy atom. The van der Waals surface area contributed by atoms with E-state index in [0.29, 0.717) is 24.0 Å². The molecule has 2 N–H and O–H groups in total. The first-order valence-electron chi connectivity index (χ1n) is 4.62. The highest BCUT2D eigenvalue weighted by Gasteiger charge is 2.36. The lowest BCUT2D eigenvalue weighted by Gasteiger charge is -2.23. The Hall–Kier alpha value is -0.160. The van der Waals surface area contributed by atoms with Gasteiger partial charge in [0.05, 0.1) is 5.02 Å². The maximum atomic E-state index is 13.8. The molecule has 2 nitrogen and oxygen atoms in total. The number of benzene rings is 1. The molecule has 0 aliphatic carbocycles. The topological polar surface area (TPSA) is 32.3 Å². The molecule has 1 unspecified atom stereocenters. The molecule has 1 atom stereocenters. The van der Waals surface area contributed by atoms with Gasteiger partial charge in [0.2, 0.25) is 0 Å². The Balaban J connectivity index is 2.49. The molecular formula is C10H10BrClFNO. The Morgan fingerprint density at radius 2 is 2.27 bits per heavy atom. The van der Waals surface area contributed by atoms with Crippen LogP contribution in [0, 0.1) is 5.82 Å². The highest BCUT2D eigenvalue weighted by atomic mass is 79.9. The van der Waals surface area contributed by atoms with Gasteiger partial charge in [-0.1, -0.05) is 17.7 Å². The van der Waals surface area contributed by atoms with Gasteiger partial charge in [-0.15, -0.1) is 0 Å². The van der Waals surface area contributed by atoms with Crippen molar-refractivity contribution in [1.29, 1.82) is 0 Å². The van der Waals surface area contributed by atoms with E-state index in [0.717, 1.165) is 0 Å². The van der Waals surface area contributed by atoms with Gasteiger partial charge >= 0.3 is 0 Å². The van der Waals surface area contributed by atoms with Crippen molar-refractivity contribution in [3.8, 4) is 0 Å². The molecule has 1 aromatic carbocycles. The molecule has 1 fully saturated rings. The second-order valence-electron chi connectivity index (χ2n) is 3.68. The summed E-state index contributed by atoms with van der Waals surface area (Å²) in [6.45, 7) is 1.05. The lowest BCUT2D eigenvalue weighted by atomic mass is 9.93. The Morgan fingerprint density at radius 1 is 1.53 bits per heavy atom. The lowest BCUT2D eigenvalue weighted by molar-refractivity contribution is 0.0549. The van der Waals surface area contributed by atoms with E-state index in [1.54, 1.807) is 12.1 Å². The van der Waals surface area contributed by atoms with Crippen molar-refractivity contribution in [2.24, 2.45) is 0 Å².